The van der Waals surface area contributed by atoms with Gasteiger partial charge in [-0.15, -0.1) is 0 Å². The summed E-state index contributed by atoms with van der Waals surface area (Å²) in [5.74, 6) is 0. The zero-order valence-corrected chi connectivity index (χ0v) is 13.3. The number of hydrogen-bond donors (Lipinski definition) is 1. The zero-order valence-electron chi connectivity index (χ0n) is 13.3. The minimum absolute atomic E-state index is 0.127. The molecule has 0 aromatic heterocycles. The predicted octanol–water partition coefficient (Wildman–Crippen LogP) is 2.24. The molecule has 1 fully saturated rings. The molecule has 1 aromatic carbocycles. The standard InChI is InChI=1S/C17H28N2O/c1-14-6-5-7-15(12-14)13-16(18-4)17(2,3)19-8-10-20-11-9-19/h5-7,12,16,18H,8-11,13H2,1-4H3. The third-order valence-electron chi connectivity index (χ3n) is 4.55. The van der Waals surface area contributed by atoms with E-state index in [9.17, 15) is 0 Å². The number of benzene rings is 1. The van der Waals surface area contributed by atoms with Crippen LogP contribution in [-0.2, 0) is 11.2 Å². The molecule has 1 unspecified atom stereocenters. The van der Waals surface area contributed by atoms with Crippen molar-refractivity contribution in [3.05, 3.63) is 35.4 Å². The molecule has 0 saturated carbocycles. The normalized spacial score (nSPS) is 19.0. The fourth-order valence-electron chi connectivity index (χ4n) is 3.14. The quantitative estimate of drug-likeness (QED) is 0.892. The molecule has 1 N–H and O–H groups in total. The highest BCUT2D eigenvalue weighted by Gasteiger charge is 2.35. The number of morpholine rings is 1. The average molecular weight is 276 g/mol. The van der Waals surface area contributed by atoms with Gasteiger partial charge in [0.05, 0.1) is 13.2 Å². The number of rotatable bonds is 5. The van der Waals surface area contributed by atoms with Crippen LogP contribution in [0.2, 0.25) is 0 Å². The van der Waals surface area contributed by atoms with Crippen molar-refractivity contribution in [2.24, 2.45) is 0 Å². The molecule has 0 bridgehead atoms. The summed E-state index contributed by atoms with van der Waals surface area (Å²) < 4.78 is 5.48. The molecule has 1 aliphatic heterocycles. The monoisotopic (exact) mass is 276 g/mol. The number of likely N-dealkylation sites (N-methyl/N-ethyl adjacent to an activating group) is 1. The summed E-state index contributed by atoms with van der Waals surface area (Å²) in [6.07, 6.45) is 1.06. The largest absolute Gasteiger partial charge is 0.379 e. The number of hydrogen-bond acceptors (Lipinski definition) is 3. The van der Waals surface area contributed by atoms with E-state index in [1.165, 1.54) is 11.1 Å². The summed E-state index contributed by atoms with van der Waals surface area (Å²) in [4.78, 5) is 2.55. The lowest BCUT2D eigenvalue weighted by Crippen LogP contribution is -2.60. The van der Waals surface area contributed by atoms with Crippen molar-refractivity contribution in [3.8, 4) is 0 Å². The Morgan fingerprint density at radius 2 is 2.00 bits per heavy atom. The van der Waals surface area contributed by atoms with Crippen molar-refractivity contribution in [1.82, 2.24) is 10.2 Å². The second-order valence-corrected chi connectivity index (χ2v) is 6.29. The lowest BCUT2D eigenvalue weighted by Gasteiger charge is -2.46. The number of nitrogens with one attached hydrogen (secondary N) is 1. The first kappa shape index (κ1) is 15.5. The summed E-state index contributed by atoms with van der Waals surface area (Å²) >= 11 is 0. The van der Waals surface area contributed by atoms with E-state index in [4.69, 9.17) is 4.74 Å². The Labute approximate surface area is 123 Å². The van der Waals surface area contributed by atoms with Gasteiger partial charge in [-0.1, -0.05) is 29.8 Å². The van der Waals surface area contributed by atoms with E-state index in [0.29, 0.717) is 6.04 Å². The van der Waals surface area contributed by atoms with E-state index in [2.05, 4.69) is 62.3 Å². The van der Waals surface area contributed by atoms with E-state index in [1.807, 2.05) is 0 Å². The Kier molecular flexibility index (Phi) is 5.19. The molecule has 0 radical (unpaired) electrons. The highest BCUT2D eigenvalue weighted by molar-refractivity contribution is 5.23. The highest BCUT2D eigenvalue weighted by Crippen LogP contribution is 2.23. The predicted molar refractivity (Wildman–Crippen MR) is 84.2 cm³/mol. The Morgan fingerprint density at radius 3 is 2.60 bits per heavy atom. The van der Waals surface area contributed by atoms with Gasteiger partial charge in [0.1, 0.15) is 0 Å². The van der Waals surface area contributed by atoms with Crippen LogP contribution in [0.25, 0.3) is 0 Å². The Morgan fingerprint density at radius 1 is 1.30 bits per heavy atom. The van der Waals surface area contributed by atoms with Gasteiger partial charge in [-0.25, -0.2) is 0 Å². The summed E-state index contributed by atoms with van der Waals surface area (Å²) in [6, 6.07) is 9.26. The van der Waals surface area contributed by atoms with Crippen molar-refractivity contribution >= 4 is 0 Å². The molecular weight excluding hydrogens is 248 g/mol. The molecule has 3 heteroatoms. The minimum atomic E-state index is 0.127. The molecule has 0 spiro atoms. The van der Waals surface area contributed by atoms with Crippen molar-refractivity contribution in [2.45, 2.75) is 38.8 Å². The number of aryl methyl sites for hydroxylation is 1. The van der Waals surface area contributed by atoms with Crippen LogP contribution >= 0.6 is 0 Å². The summed E-state index contributed by atoms with van der Waals surface area (Å²) in [7, 11) is 2.07. The van der Waals surface area contributed by atoms with E-state index in [0.717, 1.165) is 32.7 Å². The molecule has 1 atom stereocenters. The first-order chi connectivity index (χ1) is 9.54. The number of ether oxygens (including phenoxy) is 1. The first-order valence-electron chi connectivity index (χ1n) is 7.59. The molecule has 1 saturated heterocycles. The Balaban J connectivity index is 2.09. The first-order valence-corrected chi connectivity index (χ1v) is 7.59. The van der Waals surface area contributed by atoms with Gasteiger partial charge in [0.2, 0.25) is 0 Å². The van der Waals surface area contributed by atoms with E-state index in [1.54, 1.807) is 0 Å². The fraction of sp³-hybridized carbons (Fsp3) is 0.647. The van der Waals surface area contributed by atoms with Crippen LogP contribution in [0, 0.1) is 6.92 Å². The highest BCUT2D eigenvalue weighted by atomic mass is 16.5. The number of nitrogens with zero attached hydrogens (tertiary/aromatic N) is 1. The molecule has 112 valence electrons. The maximum atomic E-state index is 5.48. The summed E-state index contributed by atoms with van der Waals surface area (Å²) in [5, 5.41) is 3.53. The Hall–Kier alpha value is -0.900. The van der Waals surface area contributed by atoms with Crippen molar-refractivity contribution < 1.29 is 4.74 Å². The molecule has 3 nitrogen and oxygen atoms in total. The summed E-state index contributed by atoms with van der Waals surface area (Å²) in [6.45, 7) is 10.6. The fourth-order valence-corrected chi connectivity index (χ4v) is 3.14. The van der Waals surface area contributed by atoms with Crippen molar-refractivity contribution in [2.75, 3.05) is 33.4 Å². The molecule has 0 aliphatic carbocycles. The van der Waals surface area contributed by atoms with Gasteiger partial charge in [0.25, 0.3) is 0 Å². The van der Waals surface area contributed by atoms with E-state index >= 15 is 0 Å². The second-order valence-electron chi connectivity index (χ2n) is 6.29. The van der Waals surface area contributed by atoms with Gasteiger partial charge >= 0.3 is 0 Å². The zero-order chi connectivity index (χ0) is 14.6. The SMILES string of the molecule is CNC(Cc1cccc(C)c1)C(C)(C)N1CCOCC1. The maximum Gasteiger partial charge on any atom is 0.0594 e. The van der Waals surface area contributed by atoms with Crippen LogP contribution in [0.5, 0.6) is 0 Å². The van der Waals surface area contributed by atoms with Crippen LogP contribution in [0.3, 0.4) is 0 Å². The van der Waals surface area contributed by atoms with Crippen LogP contribution < -0.4 is 5.32 Å². The topological polar surface area (TPSA) is 24.5 Å². The van der Waals surface area contributed by atoms with E-state index in [-0.39, 0.29) is 5.54 Å². The average Bonchev–Trinajstić information content (AvgIpc) is 2.45. The van der Waals surface area contributed by atoms with Crippen LogP contribution in [0.1, 0.15) is 25.0 Å². The van der Waals surface area contributed by atoms with Crippen LogP contribution in [-0.4, -0.2) is 49.8 Å². The summed E-state index contributed by atoms with van der Waals surface area (Å²) in [5.41, 5.74) is 2.87. The van der Waals surface area contributed by atoms with Gasteiger partial charge in [-0.3, -0.25) is 4.90 Å². The van der Waals surface area contributed by atoms with Crippen molar-refractivity contribution in [3.63, 3.8) is 0 Å². The third-order valence-corrected chi connectivity index (χ3v) is 4.55. The molecular formula is C17H28N2O. The molecule has 20 heavy (non-hydrogen) atoms. The maximum absolute atomic E-state index is 5.48. The molecule has 1 aliphatic rings. The Bertz CT molecular complexity index is 425. The van der Waals surface area contributed by atoms with Gasteiger partial charge in [0.15, 0.2) is 0 Å². The third kappa shape index (κ3) is 3.60. The lowest BCUT2D eigenvalue weighted by atomic mass is 9.87. The van der Waals surface area contributed by atoms with Gasteiger partial charge < -0.3 is 10.1 Å². The smallest absolute Gasteiger partial charge is 0.0594 e. The minimum Gasteiger partial charge on any atom is -0.379 e. The molecule has 1 heterocycles. The van der Waals surface area contributed by atoms with Gasteiger partial charge in [-0.2, -0.15) is 0 Å². The van der Waals surface area contributed by atoms with Crippen LogP contribution in [0.4, 0.5) is 0 Å². The molecule has 1 aromatic rings. The lowest BCUT2D eigenvalue weighted by molar-refractivity contribution is -0.0223. The second kappa shape index (κ2) is 6.70. The molecule has 0 amide bonds. The molecule has 2 rings (SSSR count). The van der Waals surface area contributed by atoms with Gasteiger partial charge in [0, 0.05) is 24.7 Å². The van der Waals surface area contributed by atoms with E-state index < -0.39 is 0 Å². The van der Waals surface area contributed by atoms with Crippen LogP contribution in [0.15, 0.2) is 24.3 Å². The van der Waals surface area contributed by atoms with Crippen molar-refractivity contribution in [1.29, 1.82) is 0 Å². The van der Waals surface area contributed by atoms with Gasteiger partial charge in [-0.05, 0) is 39.8 Å².